The van der Waals surface area contributed by atoms with Gasteiger partial charge in [-0.3, -0.25) is 4.98 Å². The highest BCUT2D eigenvalue weighted by atomic mass is 32.2. The fourth-order valence-electron chi connectivity index (χ4n) is 2.07. The molecule has 0 aliphatic carbocycles. The van der Waals surface area contributed by atoms with Gasteiger partial charge < -0.3 is 0 Å². The standard InChI is InChI=1S/C13H15N3OS2/c1-16-8-6-11(15-19(16)17)13-5-4-12(18-13)10-3-2-7-14-9-10/h2-5,7,9,11,15H,6,8H2,1H3/t11-,19?/m0/s1. The molecule has 100 valence electrons. The second kappa shape index (κ2) is 5.50. The van der Waals surface area contributed by atoms with Crippen molar-refractivity contribution in [3.05, 3.63) is 41.5 Å². The summed E-state index contributed by atoms with van der Waals surface area (Å²) in [5.74, 6) is 0. The van der Waals surface area contributed by atoms with Gasteiger partial charge in [-0.1, -0.05) is 6.07 Å². The van der Waals surface area contributed by atoms with Gasteiger partial charge in [0.1, 0.15) is 0 Å². The molecular weight excluding hydrogens is 278 g/mol. The summed E-state index contributed by atoms with van der Waals surface area (Å²) in [6.45, 7) is 0.852. The van der Waals surface area contributed by atoms with Gasteiger partial charge in [0.2, 0.25) is 0 Å². The number of aromatic nitrogens is 1. The molecule has 0 aromatic carbocycles. The van der Waals surface area contributed by atoms with Crippen molar-refractivity contribution in [2.75, 3.05) is 13.6 Å². The summed E-state index contributed by atoms with van der Waals surface area (Å²) in [6.07, 6.45) is 4.63. The molecule has 1 unspecified atom stereocenters. The highest BCUT2D eigenvalue weighted by Crippen LogP contribution is 2.33. The SMILES string of the molecule is CN1CC[C@@H](c2ccc(-c3cccnc3)s2)NS1=O. The highest BCUT2D eigenvalue weighted by molar-refractivity contribution is 7.80. The van der Waals surface area contributed by atoms with Gasteiger partial charge in [-0.2, -0.15) is 0 Å². The van der Waals surface area contributed by atoms with Gasteiger partial charge in [0.15, 0.2) is 11.2 Å². The van der Waals surface area contributed by atoms with Crippen LogP contribution in [-0.4, -0.2) is 27.1 Å². The van der Waals surface area contributed by atoms with Crippen molar-refractivity contribution in [2.24, 2.45) is 0 Å². The van der Waals surface area contributed by atoms with E-state index in [1.54, 1.807) is 17.5 Å². The quantitative estimate of drug-likeness (QED) is 0.924. The largest absolute Gasteiger partial charge is 0.264 e. The van der Waals surface area contributed by atoms with Crippen molar-refractivity contribution in [3.8, 4) is 10.4 Å². The molecule has 1 aliphatic heterocycles. The van der Waals surface area contributed by atoms with Crippen molar-refractivity contribution >= 4 is 22.5 Å². The smallest absolute Gasteiger partial charge is 0.170 e. The molecule has 6 heteroatoms. The van der Waals surface area contributed by atoms with Crippen molar-refractivity contribution < 1.29 is 4.21 Å². The Morgan fingerprint density at radius 2 is 2.37 bits per heavy atom. The summed E-state index contributed by atoms with van der Waals surface area (Å²) in [7, 11) is 1.87. The van der Waals surface area contributed by atoms with Crippen LogP contribution < -0.4 is 4.72 Å². The molecule has 0 saturated carbocycles. The van der Waals surface area contributed by atoms with Crippen LogP contribution in [0.15, 0.2) is 36.7 Å². The van der Waals surface area contributed by atoms with Crippen molar-refractivity contribution in [1.82, 2.24) is 14.0 Å². The van der Waals surface area contributed by atoms with Gasteiger partial charge in [-0.15, -0.1) is 11.3 Å². The second-order valence-electron chi connectivity index (χ2n) is 4.50. The third-order valence-corrected chi connectivity index (χ3v) is 5.66. The lowest BCUT2D eigenvalue weighted by Crippen LogP contribution is -2.41. The van der Waals surface area contributed by atoms with Crippen LogP contribution in [0.4, 0.5) is 0 Å². The molecule has 0 bridgehead atoms. The van der Waals surface area contributed by atoms with Crippen LogP contribution in [0.2, 0.25) is 0 Å². The molecule has 0 spiro atoms. The van der Waals surface area contributed by atoms with E-state index >= 15 is 0 Å². The zero-order chi connectivity index (χ0) is 13.2. The molecular formula is C13H15N3OS2. The maximum atomic E-state index is 11.8. The average Bonchev–Trinajstić information content (AvgIpc) is 2.93. The van der Waals surface area contributed by atoms with Crippen LogP contribution in [0.25, 0.3) is 10.4 Å². The molecule has 2 aromatic rings. The lowest BCUT2D eigenvalue weighted by molar-refractivity contribution is 0.421. The summed E-state index contributed by atoms with van der Waals surface area (Å²) < 4.78 is 16.7. The lowest BCUT2D eigenvalue weighted by Gasteiger charge is -2.28. The first kappa shape index (κ1) is 12.9. The van der Waals surface area contributed by atoms with E-state index in [9.17, 15) is 4.21 Å². The van der Waals surface area contributed by atoms with Crippen LogP contribution in [-0.2, 0) is 11.2 Å². The van der Waals surface area contributed by atoms with Crippen LogP contribution in [0.1, 0.15) is 17.3 Å². The number of nitrogens with zero attached hydrogens (tertiary/aromatic N) is 2. The highest BCUT2D eigenvalue weighted by Gasteiger charge is 2.24. The molecule has 0 radical (unpaired) electrons. The summed E-state index contributed by atoms with van der Waals surface area (Å²) >= 11 is 0.667. The Labute approximate surface area is 119 Å². The zero-order valence-corrected chi connectivity index (χ0v) is 12.2. The number of hydrogen-bond acceptors (Lipinski definition) is 3. The van der Waals surface area contributed by atoms with Crippen molar-refractivity contribution in [2.45, 2.75) is 12.5 Å². The van der Waals surface area contributed by atoms with Gasteiger partial charge in [0, 0.05) is 41.3 Å². The summed E-state index contributed by atoms with van der Waals surface area (Å²) in [5, 5.41) is 0. The van der Waals surface area contributed by atoms with Gasteiger partial charge in [-0.25, -0.2) is 13.2 Å². The monoisotopic (exact) mass is 293 g/mol. The van der Waals surface area contributed by atoms with Gasteiger partial charge in [0.05, 0.1) is 6.04 Å². The summed E-state index contributed by atoms with van der Waals surface area (Å²) in [6, 6.07) is 8.42. The molecule has 1 N–H and O–H groups in total. The normalized spacial score (nSPS) is 24.5. The molecule has 3 rings (SSSR count). The van der Waals surface area contributed by atoms with Gasteiger partial charge in [0.25, 0.3) is 0 Å². The third kappa shape index (κ3) is 2.76. The Morgan fingerprint density at radius 1 is 1.47 bits per heavy atom. The first-order valence-electron chi connectivity index (χ1n) is 6.13. The minimum Gasteiger partial charge on any atom is -0.264 e. The number of nitrogens with one attached hydrogen (secondary N) is 1. The van der Waals surface area contributed by atoms with E-state index < -0.39 is 11.2 Å². The molecule has 4 nitrogen and oxygen atoms in total. The van der Waals surface area contributed by atoms with Gasteiger partial charge in [-0.05, 0) is 24.6 Å². The molecule has 2 aromatic heterocycles. The Bertz CT molecular complexity index is 585. The van der Waals surface area contributed by atoms with E-state index in [-0.39, 0.29) is 6.04 Å². The number of pyridine rings is 1. The Hall–Kier alpha value is -1.08. The molecule has 3 heterocycles. The molecule has 1 aliphatic rings. The van der Waals surface area contributed by atoms with Crippen LogP contribution in [0, 0.1) is 0 Å². The second-order valence-corrected chi connectivity index (χ2v) is 6.98. The van der Waals surface area contributed by atoms with Crippen molar-refractivity contribution in [1.29, 1.82) is 0 Å². The first-order valence-corrected chi connectivity index (χ1v) is 8.05. The minimum absolute atomic E-state index is 0.187. The maximum Gasteiger partial charge on any atom is 0.170 e. The predicted octanol–water partition coefficient (Wildman–Crippen LogP) is 2.35. The third-order valence-electron chi connectivity index (χ3n) is 3.18. The van der Waals surface area contributed by atoms with E-state index in [2.05, 4.69) is 27.9 Å². The van der Waals surface area contributed by atoms with E-state index in [0.717, 1.165) is 18.5 Å². The molecule has 19 heavy (non-hydrogen) atoms. The van der Waals surface area contributed by atoms with Crippen LogP contribution >= 0.6 is 11.3 Å². The first-order chi connectivity index (χ1) is 9.24. The molecule has 1 saturated heterocycles. The molecule has 2 atom stereocenters. The van der Waals surface area contributed by atoms with E-state index in [0.29, 0.717) is 0 Å². The Kier molecular flexibility index (Phi) is 3.74. The minimum atomic E-state index is -1.07. The fraction of sp³-hybridized carbons (Fsp3) is 0.308. The van der Waals surface area contributed by atoms with Crippen LogP contribution in [0.3, 0.4) is 0 Å². The molecule has 0 amide bonds. The fourth-order valence-corrected chi connectivity index (χ4v) is 4.17. The summed E-state index contributed by atoms with van der Waals surface area (Å²) in [5.41, 5.74) is 1.13. The lowest BCUT2D eigenvalue weighted by atomic mass is 10.2. The maximum absolute atomic E-state index is 11.8. The number of thiophene rings is 1. The summed E-state index contributed by atoms with van der Waals surface area (Å²) in [4.78, 5) is 6.58. The van der Waals surface area contributed by atoms with Crippen molar-refractivity contribution in [3.63, 3.8) is 0 Å². The van der Waals surface area contributed by atoms with E-state index in [1.807, 2.05) is 23.6 Å². The Morgan fingerprint density at radius 3 is 3.11 bits per heavy atom. The molecule has 1 fully saturated rings. The van der Waals surface area contributed by atoms with E-state index in [1.165, 1.54) is 9.75 Å². The van der Waals surface area contributed by atoms with Crippen LogP contribution in [0.5, 0.6) is 0 Å². The predicted molar refractivity (Wildman–Crippen MR) is 78.8 cm³/mol. The topological polar surface area (TPSA) is 45.2 Å². The number of hydrogen-bond donors (Lipinski definition) is 1. The Balaban J connectivity index is 1.80. The van der Waals surface area contributed by atoms with E-state index in [4.69, 9.17) is 0 Å². The zero-order valence-electron chi connectivity index (χ0n) is 10.6. The average molecular weight is 293 g/mol. The van der Waals surface area contributed by atoms with Gasteiger partial charge >= 0.3 is 0 Å². The number of rotatable bonds is 2.